The minimum Gasteiger partial charge on any atom is -0.463 e. The van der Waals surface area contributed by atoms with Crippen LogP contribution in [-0.2, 0) is 22.5 Å². The second-order valence-corrected chi connectivity index (χ2v) is 7.09. The molecule has 30 heavy (non-hydrogen) atoms. The number of hydrogen-bond acceptors (Lipinski definition) is 3. The van der Waals surface area contributed by atoms with Gasteiger partial charge in [0, 0.05) is 19.0 Å². The predicted octanol–water partition coefficient (Wildman–Crippen LogP) is 5.25. The van der Waals surface area contributed by atoms with E-state index in [2.05, 4.69) is 59.2 Å². The smallest absolute Gasteiger partial charge is 0.330 e. The quantitative estimate of drug-likeness (QED) is 0.316. The van der Waals surface area contributed by atoms with E-state index >= 15 is 0 Å². The van der Waals surface area contributed by atoms with E-state index in [9.17, 15) is 4.79 Å². The third-order valence-corrected chi connectivity index (χ3v) is 4.96. The van der Waals surface area contributed by atoms with Gasteiger partial charge in [-0.3, -0.25) is 0 Å². The SMILES string of the molecule is CCOC(=O)/C=C/c1ccc(Cc2nc3ccccc3n2Cc2ccccc2)cc1. The van der Waals surface area contributed by atoms with Gasteiger partial charge in [-0.05, 0) is 41.8 Å². The Morgan fingerprint density at radius 1 is 0.933 bits per heavy atom. The minimum absolute atomic E-state index is 0.323. The molecule has 4 heteroatoms. The average Bonchev–Trinajstić information content (AvgIpc) is 3.11. The number of carbonyl (C=O) groups excluding carboxylic acids is 1. The first-order valence-electron chi connectivity index (χ1n) is 10.1. The molecular formula is C26H24N2O2. The summed E-state index contributed by atoms with van der Waals surface area (Å²) >= 11 is 0. The van der Waals surface area contributed by atoms with Crippen LogP contribution in [-0.4, -0.2) is 22.1 Å². The van der Waals surface area contributed by atoms with Crippen LogP contribution >= 0.6 is 0 Å². The van der Waals surface area contributed by atoms with E-state index in [4.69, 9.17) is 9.72 Å². The van der Waals surface area contributed by atoms with Gasteiger partial charge in [0.2, 0.25) is 0 Å². The third kappa shape index (κ3) is 4.66. The lowest BCUT2D eigenvalue weighted by Gasteiger charge is -2.10. The molecule has 0 fully saturated rings. The highest BCUT2D eigenvalue weighted by molar-refractivity contribution is 5.87. The van der Waals surface area contributed by atoms with Crippen molar-refractivity contribution in [1.82, 2.24) is 9.55 Å². The van der Waals surface area contributed by atoms with Crippen LogP contribution < -0.4 is 0 Å². The molecule has 0 spiro atoms. The second-order valence-electron chi connectivity index (χ2n) is 7.09. The van der Waals surface area contributed by atoms with E-state index in [1.807, 2.05) is 24.3 Å². The maximum atomic E-state index is 11.5. The average molecular weight is 396 g/mol. The van der Waals surface area contributed by atoms with E-state index < -0.39 is 0 Å². The number of rotatable bonds is 7. The summed E-state index contributed by atoms with van der Waals surface area (Å²) < 4.78 is 7.21. The highest BCUT2D eigenvalue weighted by atomic mass is 16.5. The first kappa shape index (κ1) is 19.6. The fourth-order valence-corrected chi connectivity index (χ4v) is 3.49. The first-order chi connectivity index (χ1) is 14.7. The van der Waals surface area contributed by atoms with Crippen molar-refractivity contribution in [3.63, 3.8) is 0 Å². The molecule has 0 radical (unpaired) electrons. The Hall–Kier alpha value is -3.66. The Bertz CT molecular complexity index is 1160. The number of nitrogens with zero attached hydrogens (tertiary/aromatic N) is 2. The van der Waals surface area contributed by atoms with Crippen molar-refractivity contribution < 1.29 is 9.53 Å². The third-order valence-electron chi connectivity index (χ3n) is 4.96. The molecular weight excluding hydrogens is 372 g/mol. The summed E-state index contributed by atoms with van der Waals surface area (Å²) in [5.74, 6) is 0.714. The van der Waals surface area contributed by atoms with Gasteiger partial charge in [-0.2, -0.15) is 0 Å². The number of benzene rings is 3. The van der Waals surface area contributed by atoms with Gasteiger partial charge >= 0.3 is 5.97 Å². The number of esters is 1. The van der Waals surface area contributed by atoms with Gasteiger partial charge in [0.05, 0.1) is 17.6 Å². The van der Waals surface area contributed by atoms with Crippen LogP contribution in [0.1, 0.15) is 29.4 Å². The van der Waals surface area contributed by atoms with E-state index in [1.165, 1.54) is 17.2 Å². The Balaban J connectivity index is 1.58. The maximum absolute atomic E-state index is 11.5. The zero-order chi connectivity index (χ0) is 20.8. The van der Waals surface area contributed by atoms with Crippen LogP contribution in [0.15, 0.2) is 84.9 Å². The number of ether oxygens (including phenoxy) is 1. The van der Waals surface area contributed by atoms with Gasteiger partial charge in [-0.1, -0.05) is 66.7 Å². The summed E-state index contributed by atoms with van der Waals surface area (Å²) in [5.41, 5.74) is 5.54. The number of carbonyl (C=O) groups is 1. The lowest BCUT2D eigenvalue weighted by atomic mass is 10.1. The fourth-order valence-electron chi connectivity index (χ4n) is 3.49. The van der Waals surface area contributed by atoms with Crippen LogP contribution in [0.3, 0.4) is 0 Å². The summed E-state index contributed by atoms with van der Waals surface area (Å²) in [4.78, 5) is 16.4. The Labute approximate surface area is 176 Å². The molecule has 4 aromatic rings. The van der Waals surface area contributed by atoms with Crippen molar-refractivity contribution in [3.8, 4) is 0 Å². The van der Waals surface area contributed by atoms with E-state index in [1.54, 1.807) is 13.0 Å². The number of para-hydroxylation sites is 2. The van der Waals surface area contributed by atoms with E-state index in [0.29, 0.717) is 6.61 Å². The molecule has 0 unspecified atom stereocenters. The summed E-state index contributed by atoms with van der Waals surface area (Å²) in [5, 5.41) is 0. The molecule has 150 valence electrons. The molecule has 1 heterocycles. The van der Waals surface area contributed by atoms with Crippen molar-refractivity contribution in [3.05, 3.63) is 107 Å². The molecule has 0 aliphatic heterocycles. The van der Waals surface area contributed by atoms with Gasteiger partial charge in [-0.15, -0.1) is 0 Å². The number of hydrogen-bond donors (Lipinski definition) is 0. The highest BCUT2D eigenvalue weighted by Crippen LogP contribution is 2.20. The fraction of sp³-hybridized carbons (Fsp3) is 0.154. The van der Waals surface area contributed by atoms with E-state index in [-0.39, 0.29) is 5.97 Å². The monoisotopic (exact) mass is 396 g/mol. The number of imidazole rings is 1. The van der Waals surface area contributed by atoms with Crippen molar-refractivity contribution in [1.29, 1.82) is 0 Å². The van der Waals surface area contributed by atoms with Crippen LogP contribution in [0.2, 0.25) is 0 Å². The minimum atomic E-state index is -0.323. The Morgan fingerprint density at radius 2 is 1.67 bits per heavy atom. The Kier molecular flexibility index (Phi) is 6.04. The lowest BCUT2D eigenvalue weighted by molar-refractivity contribution is -0.137. The molecule has 0 saturated carbocycles. The first-order valence-corrected chi connectivity index (χ1v) is 10.1. The van der Waals surface area contributed by atoms with Gasteiger partial charge in [0.1, 0.15) is 5.82 Å². The normalized spacial score (nSPS) is 11.2. The summed E-state index contributed by atoms with van der Waals surface area (Å²) in [6, 6.07) is 26.9. The summed E-state index contributed by atoms with van der Waals surface area (Å²) in [6.07, 6.45) is 3.97. The van der Waals surface area contributed by atoms with Crippen molar-refractivity contribution >= 4 is 23.1 Å². The molecule has 0 bridgehead atoms. The predicted molar refractivity (Wildman–Crippen MR) is 120 cm³/mol. The summed E-state index contributed by atoms with van der Waals surface area (Å²) in [6.45, 7) is 2.97. The van der Waals surface area contributed by atoms with Gasteiger partial charge in [0.15, 0.2) is 0 Å². The standard InChI is InChI=1S/C26H24N2O2/c1-2-30-26(29)17-16-20-12-14-21(15-13-20)18-25-27-23-10-6-7-11-24(23)28(25)19-22-8-4-3-5-9-22/h3-17H,2,18-19H2,1H3/b17-16+. The summed E-state index contributed by atoms with van der Waals surface area (Å²) in [7, 11) is 0. The molecule has 0 amide bonds. The van der Waals surface area contributed by atoms with Crippen molar-refractivity contribution in [2.45, 2.75) is 19.9 Å². The maximum Gasteiger partial charge on any atom is 0.330 e. The molecule has 4 nitrogen and oxygen atoms in total. The largest absolute Gasteiger partial charge is 0.463 e. The topological polar surface area (TPSA) is 44.1 Å². The van der Waals surface area contributed by atoms with Crippen LogP contribution in [0.4, 0.5) is 0 Å². The lowest BCUT2D eigenvalue weighted by Crippen LogP contribution is -2.06. The van der Waals surface area contributed by atoms with Crippen molar-refractivity contribution in [2.75, 3.05) is 6.61 Å². The van der Waals surface area contributed by atoms with Gasteiger partial charge in [-0.25, -0.2) is 9.78 Å². The highest BCUT2D eigenvalue weighted by Gasteiger charge is 2.11. The zero-order valence-electron chi connectivity index (χ0n) is 17.0. The van der Waals surface area contributed by atoms with Crippen molar-refractivity contribution in [2.24, 2.45) is 0 Å². The molecule has 0 saturated heterocycles. The van der Waals surface area contributed by atoms with E-state index in [0.717, 1.165) is 35.4 Å². The molecule has 0 N–H and O–H groups in total. The van der Waals surface area contributed by atoms with Gasteiger partial charge in [0.25, 0.3) is 0 Å². The molecule has 4 rings (SSSR count). The second kappa shape index (κ2) is 9.23. The van der Waals surface area contributed by atoms with Crippen LogP contribution in [0.25, 0.3) is 17.1 Å². The van der Waals surface area contributed by atoms with Crippen LogP contribution in [0.5, 0.6) is 0 Å². The zero-order valence-corrected chi connectivity index (χ0v) is 17.0. The molecule has 0 aliphatic carbocycles. The van der Waals surface area contributed by atoms with Gasteiger partial charge < -0.3 is 9.30 Å². The number of aromatic nitrogens is 2. The molecule has 0 atom stereocenters. The number of fused-ring (bicyclic) bond motifs is 1. The molecule has 1 aromatic heterocycles. The Morgan fingerprint density at radius 3 is 2.43 bits per heavy atom. The molecule has 3 aromatic carbocycles. The van der Waals surface area contributed by atoms with Crippen LogP contribution in [0, 0.1) is 0 Å². The molecule has 0 aliphatic rings.